The highest BCUT2D eigenvalue weighted by atomic mass is 14.9. The van der Waals surface area contributed by atoms with Crippen LogP contribution < -0.4 is 5.73 Å². The van der Waals surface area contributed by atoms with Crippen LogP contribution in [0, 0.1) is 17.3 Å². The Kier molecular flexibility index (Phi) is 2.78. The summed E-state index contributed by atoms with van der Waals surface area (Å²) < 4.78 is 0. The standard InChI is InChI=1S/C17H25N/c1-3-16(4-2)14-10-11-15(12-14)17(16,18)13-8-6-5-7-9-13/h5-9,14-15H,3-4,10-12,18H2,1-2H3/t14-,15?,17-/m0/s1. The van der Waals surface area contributed by atoms with E-state index in [0.717, 1.165) is 5.92 Å². The highest BCUT2D eigenvalue weighted by Gasteiger charge is 2.64. The molecule has 2 fully saturated rings. The van der Waals surface area contributed by atoms with E-state index in [9.17, 15) is 0 Å². The lowest BCUT2D eigenvalue weighted by Crippen LogP contribution is -2.56. The molecule has 2 saturated carbocycles. The molecule has 3 atom stereocenters. The summed E-state index contributed by atoms with van der Waals surface area (Å²) in [5, 5.41) is 0. The fourth-order valence-electron chi connectivity index (χ4n) is 5.29. The average Bonchev–Trinajstić information content (AvgIpc) is 2.99. The molecular weight excluding hydrogens is 218 g/mol. The third-order valence-electron chi connectivity index (χ3n) is 6.20. The molecule has 0 heterocycles. The van der Waals surface area contributed by atoms with Gasteiger partial charge in [-0.3, -0.25) is 0 Å². The molecule has 0 aromatic heterocycles. The van der Waals surface area contributed by atoms with Crippen molar-refractivity contribution in [3.05, 3.63) is 35.9 Å². The van der Waals surface area contributed by atoms with Crippen molar-refractivity contribution in [1.29, 1.82) is 0 Å². The van der Waals surface area contributed by atoms with E-state index >= 15 is 0 Å². The molecular formula is C17H25N. The molecule has 0 radical (unpaired) electrons. The van der Waals surface area contributed by atoms with Crippen molar-refractivity contribution in [3.63, 3.8) is 0 Å². The van der Waals surface area contributed by atoms with Gasteiger partial charge in [-0.1, -0.05) is 44.2 Å². The molecule has 1 aromatic carbocycles. The molecule has 2 aliphatic rings. The van der Waals surface area contributed by atoms with Gasteiger partial charge in [0.05, 0.1) is 0 Å². The van der Waals surface area contributed by atoms with Gasteiger partial charge in [-0.25, -0.2) is 0 Å². The SMILES string of the molecule is CCC1(CC)[C@H]2CCC(C2)[C@@]1(N)c1ccccc1. The van der Waals surface area contributed by atoms with E-state index in [-0.39, 0.29) is 5.54 Å². The second-order valence-electron chi connectivity index (χ2n) is 6.31. The monoisotopic (exact) mass is 243 g/mol. The van der Waals surface area contributed by atoms with Gasteiger partial charge in [0.2, 0.25) is 0 Å². The van der Waals surface area contributed by atoms with Gasteiger partial charge in [0.1, 0.15) is 0 Å². The normalized spacial score (nSPS) is 37.1. The van der Waals surface area contributed by atoms with Gasteiger partial charge in [0.25, 0.3) is 0 Å². The first-order valence-corrected chi connectivity index (χ1v) is 7.53. The zero-order valence-electron chi connectivity index (χ0n) is 11.7. The lowest BCUT2D eigenvalue weighted by Gasteiger charge is -2.51. The fraction of sp³-hybridized carbons (Fsp3) is 0.647. The lowest BCUT2D eigenvalue weighted by atomic mass is 9.56. The van der Waals surface area contributed by atoms with Crippen LogP contribution in [0.4, 0.5) is 0 Å². The minimum Gasteiger partial charge on any atom is -0.321 e. The summed E-state index contributed by atoms with van der Waals surface area (Å²) in [6.45, 7) is 4.68. The first-order valence-electron chi connectivity index (χ1n) is 7.53. The zero-order chi connectivity index (χ0) is 12.8. The van der Waals surface area contributed by atoms with Crippen LogP contribution in [0.3, 0.4) is 0 Å². The molecule has 2 N–H and O–H groups in total. The zero-order valence-corrected chi connectivity index (χ0v) is 11.7. The summed E-state index contributed by atoms with van der Waals surface area (Å²) in [6, 6.07) is 10.9. The van der Waals surface area contributed by atoms with Crippen LogP contribution in [0.2, 0.25) is 0 Å². The first kappa shape index (κ1) is 12.2. The van der Waals surface area contributed by atoms with Crippen molar-refractivity contribution in [2.75, 3.05) is 0 Å². The van der Waals surface area contributed by atoms with Crippen LogP contribution in [-0.2, 0) is 5.54 Å². The van der Waals surface area contributed by atoms with Crippen molar-refractivity contribution in [1.82, 2.24) is 0 Å². The Balaban J connectivity index is 2.13. The molecule has 2 bridgehead atoms. The van der Waals surface area contributed by atoms with E-state index in [2.05, 4.69) is 44.2 Å². The van der Waals surface area contributed by atoms with Gasteiger partial charge in [-0.05, 0) is 54.9 Å². The highest BCUT2D eigenvalue weighted by molar-refractivity contribution is 5.33. The summed E-state index contributed by atoms with van der Waals surface area (Å²) in [7, 11) is 0. The Morgan fingerprint density at radius 1 is 1.06 bits per heavy atom. The molecule has 1 unspecified atom stereocenters. The topological polar surface area (TPSA) is 26.0 Å². The summed E-state index contributed by atoms with van der Waals surface area (Å²) in [6.07, 6.45) is 6.52. The van der Waals surface area contributed by atoms with Crippen molar-refractivity contribution in [2.24, 2.45) is 23.0 Å². The lowest BCUT2D eigenvalue weighted by molar-refractivity contribution is 0.0355. The molecule has 1 aromatic rings. The van der Waals surface area contributed by atoms with Gasteiger partial charge in [-0.2, -0.15) is 0 Å². The van der Waals surface area contributed by atoms with E-state index in [1.165, 1.54) is 37.7 Å². The van der Waals surface area contributed by atoms with Gasteiger partial charge in [0, 0.05) is 5.54 Å². The fourth-order valence-corrected chi connectivity index (χ4v) is 5.29. The van der Waals surface area contributed by atoms with Gasteiger partial charge < -0.3 is 5.73 Å². The number of benzene rings is 1. The molecule has 0 amide bonds. The Labute approximate surface area is 111 Å². The van der Waals surface area contributed by atoms with Crippen molar-refractivity contribution in [3.8, 4) is 0 Å². The van der Waals surface area contributed by atoms with Gasteiger partial charge in [0.15, 0.2) is 0 Å². The molecule has 3 rings (SSSR count). The number of rotatable bonds is 3. The van der Waals surface area contributed by atoms with Crippen molar-refractivity contribution >= 4 is 0 Å². The van der Waals surface area contributed by atoms with Crippen LogP contribution in [0.1, 0.15) is 51.5 Å². The summed E-state index contributed by atoms with van der Waals surface area (Å²) >= 11 is 0. The molecule has 1 nitrogen and oxygen atoms in total. The number of fused-ring (bicyclic) bond motifs is 2. The summed E-state index contributed by atoms with van der Waals surface area (Å²) in [5.41, 5.74) is 8.69. The van der Waals surface area contributed by atoms with Crippen LogP contribution in [-0.4, -0.2) is 0 Å². The minimum absolute atomic E-state index is 0.0827. The maximum atomic E-state index is 7.07. The summed E-state index contributed by atoms with van der Waals surface area (Å²) in [4.78, 5) is 0. The van der Waals surface area contributed by atoms with Crippen molar-refractivity contribution < 1.29 is 0 Å². The molecule has 0 saturated heterocycles. The third kappa shape index (κ3) is 1.26. The molecule has 1 heteroatoms. The third-order valence-corrected chi connectivity index (χ3v) is 6.20. The molecule has 2 aliphatic carbocycles. The first-order chi connectivity index (χ1) is 8.69. The number of hydrogen-bond donors (Lipinski definition) is 1. The smallest absolute Gasteiger partial charge is 0.0497 e. The van der Waals surface area contributed by atoms with E-state index in [4.69, 9.17) is 5.73 Å². The Morgan fingerprint density at radius 2 is 1.67 bits per heavy atom. The average molecular weight is 243 g/mol. The second-order valence-corrected chi connectivity index (χ2v) is 6.31. The number of hydrogen-bond acceptors (Lipinski definition) is 1. The molecule has 18 heavy (non-hydrogen) atoms. The predicted molar refractivity (Wildman–Crippen MR) is 76.2 cm³/mol. The van der Waals surface area contributed by atoms with E-state index in [1.807, 2.05) is 0 Å². The van der Waals surface area contributed by atoms with E-state index < -0.39 is 0 Å². The number of nitrogens with two attached hydrogens (primary N) is 1. The van der Waals surface area contributed by atoms with Crippen LogP contribution >= 0.6 is 0 Å². The van der Waals surface area contributed by atoms with Crippen LogP contribution in [0.15, 0.2) is 30.3 Å². The molecule has 98 valence electrons. The highest BCUT2D eigenvalue weighted by Crippen LogP contribution is 2.67. The Morgan fingerprint density at radius 3 is 2.28 bits per heavy atom. The van der Waals surface area contributed by atoms with Gasteiger partial charge >= 0.3 is 0 Å². The Bertz CT molecular complexity index is 420. The maximum Gasteiger partial charge on any atom is 0.0497 e. The van der Waals surface area contributed by atoms with E-state index in [1.54, 1.807) is 0 Å². The van der Waals surface area contributed by atoms with Crippen LogP contribution in [0.5, 0.6) is 0 Å². The largest absolute Gasteiger partial charge is 0.321 e. The van der Waals surface area contributed by atoms with Crippen molar-refractivity contribution in [2.45, 2.75) is 51.5 Å². The molecule has 0 aliphatic heterocycles. The summed E-state index contributed by atoms with van der Waals surface area (Å²) in [5.74, 6) is 1.55. The molecule has 0 spiro atoms. The second kappa shape index (κ2) is 4.09. The van der Waals surface area contributed by atoms with Gasteiger partial charge in [-0.15, -0.1) is 0 Å². The quantitative estimate of drug-likeness (QED) is 0.850. The minimum atomic E-state index is -0.0827. The predicted octanol–water partition coefficient (Wildman–Crippen LogP) is 4.08. The van der Waals surface area contributed by atoms with E-state index in [0.29, 0.717) is 11.3 Å². The maximum absolute atomic E-state index is 7.07. The van der Waals surface area contributed by atoms with Crippen LogP contribution in [0.25, 0.3) is 0 Å². The Hall–Kier alpha value is -0.820.